The summed E-state index contributed by atoms with van der Waals surface area (Å²) in [5.74, 6) is -1.99. The summed E-state index contributed by atoms with van der Waals surface area (Å²) in [5, 5.41) is 13.0. The summed E-state index contributed by atoms with van der Waals surface area (Å²) in [6, 6.07) is -1.16. The predicted molar refractivity (Wildman–Crippen MR) is 146 cm³/mol. The Morgan fingerprint density at radius 3 is 2.50 bits per heavy atom. The van der Waals surface area contributed by atoms with Crippen molar-refractivity contribution >= 4 is 53.8 Å². The van der Waals surface area contributed by atoms with Gasteiger partial charge in [0.25, 0.3) is 5.56 Å². The van der Waals surface area contributed by atoms with Crippen LogP contribution >= 0.6 is 42.7 Å². The van der Waals surface area contributed by atoms with Crippen LogP contribution in [0.15, 0.2) is 15.8 Å². The molecule has 0 amide bonds. The standard InChI is InChI=1S/C22H33Cl2FN3O10PS/c1-11(2)37-17(31)12(3)27-39(34,35-7-8-40-19(32)21(4,5)6)36-10-14-15(29)22(23,24)18(38-14)28-9-13(25)16(30)26-20(28)33/h9,11-12,14-15,18,29H,7-8,10H2,1-6H3,(H,27,34)(H,26,30,33)/t12-,14-,15-,18-,39+/m1/s1. The molecule has 1 aromatic heterocycles. The van der Waals surface area contributed by atoms with Gasteiger partial charge in [0.2, 0.25) is 5.82 Å². The number of rotatable bonds is 12. The highest BCUT2D eigenvalue weighted by Crippen LogP contribution is 2.49. The molecule has 40 heavy (non-hydrogen) atoms. The van der Waals surface area contributed by atoms with Gasteiger partial charge in [-0.3, -0.25) is 33.0 Å². The molecule has 2 rings (SSSR count). The van der Waals surface area contributed by atoms with Crippen molar-refractivity contribution in [3.8, 4) is 0 Å². The molecule has 5 atom stereocenters. The summed E-state index contributed by atoms with van der Waals surface area (Å²) >= 11 is 13.4. The van der Waals surface area contributed by atoms with E-state index in [0.29, 0.717) is 10.8 Å². The summed E-state index contributed by atoms with van der Waals surface area (Å²) in [7, 11) is -4.34. The topological polar surface area (TPSA) is 175 Å². The fraction of sp³-hybridized carbons (Fsp3) is 0.727. The molecule has 228 valence electrons. The SMILES string of the molecule is CC(C)OC(=O)[C@@H](C)N[P@](=O)(OCCSC(=O)C(C)(C)C)OC[C@H]1O[C@@H](n2cc(F)c(=O)[nH]c2=O)C(Cl)(Cl)[C@@H]1O. The molecule has 13 nitrogen and oxygen atoms in total. The lowest BCUT2D eigenvalue weighted by atomic mass is 10.00. The lowest BCUT2D eigenvalue weighted by Gasteiger charge is -2.25. The lowest BCUT2D eigenvalue weighted by Crippen LogP contribution is -2.42. The molecule has 1 aliphatic rings. The molecule has 1 aliphatic heterocycles. The number of aromatic amines is 1. The number of nitrogens with zero attached hydrogens (tertiary/aromatic N) is 1. The van der Waals surface area contributed by atoms with Gasteiger partial charge >= 0.3 is 19.4 Å². The van der Waals surface area contributed by atoms with Crippen LogP contribution in [0.5, 0.6) is 0 Å². The van der Waals surface area contributed by atoms with Gasteiger partial charge < -0.3 is 14.6 Å². The molecule has 1 saturated heterocycles. The fourth-order valence-electron chi connectivity index (χ4n) is 3.16. The van der Waals surface area contributed by atoms with E-state index in [1.165, 1.54) is 6.92 Å². The molecule has 0 aromatic carbocycles. The summed E-state index contributed by atoms with van der Waals surface area (Å²) in [6.45, 7) is 8.90. The minimum atomic E-state index is -4.34. The molecular weight excluding hydrogens is 619 g/mol. The van der Waals surface area contributed by atoms with Gasteiger partial charge in [-0.05, 0) is 20.8 Å². The first-order valence-corrected chi connectivity index (χ1v) is 15.3. The van der Waals surface area contributed by atoms with E-state index in [1.54, 1.807) is 39.6 Å². The normalized spacial score (nSPS) is 23.1. The highest BCUT2D eigenvalue weighted by Gasteiger charge is 2.56. The van der Waals surface area contributed by atoms with Crippen molar-refractivity contribution in [2.75, 3.05) is 19.0 Å². The summed E-state index contributed by atoms with van der Waals surface area (Å²) in [5.41, 5.74) is -3.02. The molecule has 0 aliphatic carbocycles. The summed E-state index contributed by atoms with van der Waals surface area (Å²) in [6.07, 6.45) is -4.84. The number of ether oxygens (including phenoxy) is 2. The maximum Gasteiger partial charge on any atom is 0.406 e. The number of hydrogen-bond acceptors (Lipinski definition) is 11. The van der Waals surface area contributed by atoms with Crippen LogP contribution in [-0.2, 0) is 32.7 Å². The summed E-state index contributed by atoms with van der Waals surface area (Å²) in [4.78, 5) is 49.7. The van der Waals surface area contributed by atoms with E-state index in [-0.39, 0.29) is 17.5 Å². The zero-order chi connectivity index (χ0) is 30.6. The van der Waals surface area contributed by atoms with Gasteiger partial charge in [0.05, 0.1) is 25.5 Å². The molecule has 0 radical (unpaired) electrons. The Balaban J connectivity index is 2.19. The number of H-pyrrole nitrogens is 1. The molecule has 0 saturated carbocycles. The Labute approximate surface area is 244 Å². The number of carbonyl (C=O) groups is 2. The first kappa shape index (κ1) is 34.9. The fourth-order valence-corrected chi connectivity index (χ4v) is 6.14. The maximum atomic E-state index is 13.8. The van der Waals surface area contributed by atoms with E-state index >= 15 is 0 Å². The van der Waals surface area contributed by atoms with Gasteiger partial charge in [-0.15, -0.1) is 0 Å². The molecule has 2 heterocycles. The quantitative estimate of drug-likeness (QED) is 0.130. The zero-order valence-electron chi connectivity index (χ0n) is 22.6. The number of alkyl halides is 2. The van der Waals surface area contributed by atoms with Gasteiger partial charge in [-0.25, -0.2) is 14.4 Å². The zero-order valence-corrected chi connectivity index (χ0v) is 25.9. The van der Waals surface area contributed by atoms with Crippen LogP contribution in [0.2, 0.25) is 0 Å². The number of nitrogens with one attached hydrogen (secondary N) is 2. The van der Waals surface area contributed by atoms with Crippen molar-refractivity contribution in [3.63, 3.8) is 0 Å². The van der Waals surface area contributed by atoms with Crippen LogP contribution in [0.1, 0.15) is 47.8 Å². The molecule has 0 spiro atoms. The highest BCUT2D eigenvalue weighted by atomic mass is 35.5. The second-order valence-electron chi connectivity index (χ2n) is 10.1. The Hall–Kier alpha value is -1.29. The third kappa shape index (κ3) is 9.10. The molecule has 0 unspecified atom stereocenters. The third-order valence-corrected chi connectivity index (χ3v) is 8.99. The lowest BCUT2D eigenvalue weighted by molar-refractivity contribution is -0.149. The van der Waals surface area contributed by atoms with Gasteiger partial charge in [-0.2, -0.15) is 4.39 Å². The molecular formula is C22H33Cl2FN3O10PS. The van der Waals surface area contributed by atoms with Crippen LogP contribution in [0.3, 0.4) is 0 Å². The number of halogens is 3. The predicted octanol–water partition coefficient (Wildman–Crippen LogP) is 2.48. The van der Waals surface area contributed by atoms with E-state index in [4.69, 9.17) is 41.7 Å². The molecule has 3 N–H and O–H groups in total. The Morgan fingerprint density at radius 1 is 1.30 bits per heavy atom. The second-order valence-corrected chi connectivity index (χ2v) is 14.4. The van der Waals surface area contributed by atoms with E-state index in [1.807, 2.05) is 0 Å². The van der Waals surface area contributed by atoms with Gasteiger partial charge in [-0.1, -0.05) is 55.7 Å². The smallest absolute Gasteiger partial charge is 0.406 e. The molecule has 18 heteroatoms. The van der Waals surface area contributed by atoms with Crippen molar-refractivity contribution in [1.82, 2.24) is 14.6 Å². The highest BCUT2D eigenvalue weighted by molar-refractivity contribution is 8.13. The van der Waals surface area contributed by atoms with Crippen molar-refractivity contribution in [2.45, 2.75) is 76.5 Å². The maximum absolute atomic E-state index is 13.8. The minimum Gasteiger partial charge on any atom is -0.462 e. The number of aliphatic hydroxyl groups excluding tert-OH is 1. The van der Waals surface area contributed by atoms with Crippen molar-refractivity contribution in [2.24, 2.45) is 5.41 Å². The largest absolute Gasteiger partial charge is 0.462 e. The van der Waals surface area contributed by atoms with E-state index in [2.05, 4.69) is 5.09 Å². The van der Waals surface area contributed by atoms with Gasteiger partial charge in [0, 0.05) is 11.2 Å². The molecule has 1 fully saturated rings. The third-order valence-electron chi connectivity index (χ3n) is 5.21. The van der Waals surface area contributed by atoms with Crippen molar-refractivity contribution in [3.05, 3.63) is 32.9 Å². The average Bonchev–Trinajstić information content (AvgIpc) is 3.05. The van der Waals surface area contributed by atoms with Crippen molar-refractivity contribution in [1.29, 1.82) is 0 Å². The van der Waals surface area contributed by atoms with Crippen LogP contribution < -0.4 is 16.3 Å². The second kappa shape index (κ2) is 13.8. The van der Waals surface area contributed by atoms with Crippen molar-refractivity contribution < 1.29 is 42.2 Å². The Morgan fingerprint density at radius 2 is 1.93 bits per heavy atom. The number of carbonyl (C=O) groups excluding carboxylic acids is 2. The number of esters is 1. The molecule has 1 aromatic rings. The average molecular weight is 652 g/mol. The summed E-state index contributed by atoms with van der Waals surface area (Å²) < 4.78 is 47.2. The van der Waals surface area contributed by atoms with Gasteiger partial charge in [0.15, 0.2) is 15.7 Å². The van der Waals surface area contributed by atoms with Gasteiger partial charge in [0.1, 0.15) is 18.2 Å². The van der Waals surface area contributed by atoms with E-state index < -0.39 is 77.7 Å². The minimum absolute atomic E-state index is 0.105. The van der Waals surface area contributed by atoms with Crippen LogP contribution in [0.25, 0.3) is 0 Å². The monoisotopic (exact) mass is 651 g/mol. The first-order chi connectivity index (χ1) is 18.3. The van der Waals surface area contributed by atoms with E-state index in [9.17, 15) is 33.2 Å². The number of hydrogen-bond donors (Lipinski definition) is 3. The number of aromatic nitrogens is 2. The Kier molecular flexibility index (Phi) is 12.0. The first-order valence-electron chi connectivity index (χ1n) is 12.1. The number of aliphatic hydroxyl groups is 1. The molecule has 0 bridgehead atoms. The van der Waals surface area contributed by atoms with Crippen LogP contribution in [0.4, 0.5) is 4.39 Å². The van der Waals surface area contributed by atoms with Crippen LogP contribution in [0, 0.1) is 11.2 Å². The van der Waals surface area contributed by atoms with E-state index in [0.717, 1.165) is 11.8 Å². The Bertz CT molecular complexity index is 1240. The van der Waals surface area contributed by atoms with Crippen LogP contribution in [-0.4, -0.2) is 73.4 Å². The number of thioether (sulfide) groups is 1.